The van der Waals surface area contributed by atoms with E-state index in [-0.39, 0.29) is 23.0 Å². The van der Waals surface area contributed by atoms with Crippen molar-refractivity contribution in [2.24, 2.45) is 7.05 Å². The van der Waals surface area contributed by atoms with Crippen LogP contribution >= 0.6 is 11.8 Å². The molecule has 1 aliphatic rings. The molecule has 1 amide bonds. The van der Waals surface area contributed by atoms with E-state index < -0.39 is 11.2 Å². The molecular formula is C25H32N6O3S. The fraction of sp³-hybridized carbons (Fsp3) is 0.480. The van der Waals surface area contributed by atoms with E-state index in [2.05, 4.69) is 20.2 Å². The molecule has 10 heteroatoms. The number of thioether (sulfide) groups is 1. The lowest BCUT2D eigenvalue weighted by Crippen LogP contribution is -2.39. The molecule has 0 unspecified atom stereocenters. The quantitative estimate of drug-likeness (QED) is 0.377. The second-order valence-electron chi connectivity index (χ2n) is 9.12. The normalized spacial score (nSPS) is 13.7. The van der Waals surface area contributed by atoms with Gasteiger partial charge in [0.05, 0.1) is 5.75 Å². The minimum absolute atomic E-state index is 0.00376. The molecule has 9 nitrogen and oxygen atoms in total. The first-order chi connectivity index (χ1) is 16.8. The molecule has 0 radical (unpaired) electrons. The highest BCUT2D eigenvalue weighted by molar-refractivity contribution is 8.00. The average Bonchev–Trinajstić information content (AvgIpc) is 3.39. The molecule has 0 atom stereocenters. The second-order valence-corrected chi connectivity index (χ2v) is 10.1. The van der Waals surface area contributed by atoms with Gasteiger partial charge in [0.25, 0.3) is 5.56 Å². The zero-order valence-electron chi connectivity index (χ0n) is 20.7. The van der Waals surface area contributed by atoms with Gasteiger partial charge in [0.1, 0.15) is 16.2 Å². The van der Waals surface area contributed by atoms with Crippen LogP contribution in [-0.2, 0) is 18.4 Å². The summed E-state index contributed by atoms with van der Waals surface area (Å²) in [5.41, 5.74) is 1.37. The smallest absolute Gasteiger partial charge is 0.332 e. The highest BCUT2D eigenvalue weighted by atomic mass is 32.2. The van der Waals surface area contributed by atoms with Gasteiger partial charge in [0, 0.05) is 44.0 Å². The molecule has 1 fully saturated rings. The Morgan fingerprint density at radius 1 is 1.11 bits per heavy atom. The Hall–Kier alpha value is -3.14. The third-order valence-corrected chi connectivity index (χ3v) is 7.07. The first-order valence-electron chi connectivity index (χ1n) is 12.1. The summed E-state index contributed by atoms with van der Waals surface area (Å²) in [6.45, 7) is 8.45. The van der Waals surface area contributed by atoms with Crippen molar-refractivity contribution in [3.63, 3.8) is 0 Å². The summed E-state index contributed by atoms with van der Waals surface area (Å²) in [7, 11) is 1.46. The van der Waals surface area contributed by atoms with E-state index in [0.717, 1.165) is 35.5 Å². The number of hydrogen-bond acceptors (Lipinski definition) is 7. The van der Waals surface area contributed by atoms with Crippen molar-refractivity contribution in [3.8, 4) is 0 Å². The van der Waals surface area contributed by atoms with Crippen molar-refractivity contribution in [1.29, 1.82) is 0 Å². The highest BCUT2D eigenvalue weighted by Gasteiger charge is 2.20. The van der Waals surface area contributed by atoms with Gasteiger partial charge < -0.3 is 10.2 Å². The summed E-state index contributed by atoms with van der Waals surface area (Å²) in [6, 6.07) is 7.87. The fourth-order valence-corrected chi connectivity index (χ4v) is 5.02. The van der Waals surface area contributed by atoms with E-state index >= 15 is 0 Å². The third-order valence-electron chi connectivity index (χ3n) is 6.09. The number of nitrogens with zero attached hydrogens (tertiary/aromatic N) is 5. The van der Waals surface area contributed by atoms with Crippen LogP contribution in [0.1, 0.15) is 51.8 Å². The summed E-state index contributed by atoms with van der Waals surface area (Å²) >= 11 is 1.19. The Morgan fingerprint density at radius 3 is 2.43 bits per heavy atom. The molecule has 1 N–H and O–H groups in total. The Balaban J connectivity index is 1.59. The van der Waals surface area contributed by atoms with Crippen LogP contribution in [-0.4, -0.2) is 43.9 Å². The molecule has 0 aliphatic carbocycles. The first-order valence-corrected chi connectivity index (χ1v) is 13.1. The maximum absolute atomic E-state index is 13.0. The van der Waals surface area contributed by atoms with Gasteiger partial charge in [0.2, 0.25) is 5.91 Å². The maximum atomic E-state index is 13.0. The molecule has 2 aromatic heterocycles. The predicted octanol–water partition coefficient (Wildman–Crippen LogP) is 3.35. The van der Waals surface area contributed by atoms with Crippen molar-refractivity contribution in [1.82, 2.24) is 19.1 Å². The standard InChI is InChI=1S/C25H32N6O3S/c1-5-12-31-22-20(24(33)29(4)25(31)34)23(28-21(27-22)16(2)3)35-15-19(32)26-17-8-10-18(11-9-17)30-13-6-7-14-30/h8-11,16H,5-7,12-15H2,1-4H3,(H,26,32). The summed E-state index contributed by atoms with van der Waals surface area (Å²) in [4.78, 5) is 50.0. The van der Waals surface area contributed by atoms with Gasteiger partial charge in [-0.2, -0.15) is 0 Å². The molecule has 0 spiro atoms. The minimum Gasteiger partial charge on any atom is -0.372 e. The molecule has 4 rings (SSSR count). The van der Waals surface area contributed by atoms with Gasteiger partial charge in [-0.05, 0) is 43.5 Å². The van der Waals surface area contributed by atoms with Crippen LogP contribution in [0.4, 0.5) is 11.4 Å². The van der Waals surface area contributed by atoms with E-state index in [1.165, 1.54) is 36.2 Å². The van der Waals surface area contributed by atoms with Crippen LogP contribution in [0.25, 0.3) is 11.0 Å². The van der Waals surface area contributed by atoms with Crippen LogP contribution in [0, 0.1) is 0 Å². The van der Waals surface area contributed by atoms with Crippen molar-refractivity contribution < 1.29 is 4.79 Å². The average molecular weight is 497 g/mol. The molecule has 186 valence electrons. The lowest BCUT2D eigenvalue weighted by atomic mass is 10.2. The molecule has 1 saturated heterocycles. The predicted molar refractivity (Wildman–Crippen MR) is 141 cm³/mol. The fourth-order valence-electron chi connectivity index (χ4n) is 4.20. The third kappa shape index (κ3) is 5.27. The lowest BCUT2D eigenvalue weighted by Gasteiger charge is -2.17. The van der Waals surface area contributed by atoms with E-state index in [9.17, 15) is 14.4 Å². The Labute approximate surface area is 208 Å². The van der Waals surface area contributed by atoms with Crippen molar-refractivity contribution in [2.45, 2.75) is 57.5 Å². The Kier molecular flexibility index (Phi) is 7.59. The number of carbonyl (C=O) groups is 1. The largest absolute Gasteiger partial charge is 0.372 e. The number of aromatic nitrogens is 4. The highest BCUT2D eigenvalue weighted by Crippen LogP contribution is 2.26. The number of amides is 1. The summed E-state index contributed by atoms with van der Waals surface area (Å²) in [5, 5.41) is 3.62. The van der Waals surface area contributed by atoms with Gasteiger partial charge in [-0.15, -0.1) is 0 Å². The Bertz CT molecular complexity index is 1340. The maximum Gasteiger partial charge on any atom is 0.332 e. The number of fused-ring (bicyclic) bond motifs is 1. The van der Waals surface area contributed by atoms with Crippen LogP contribution in [0.5, 0.6) is 0 Å². The monoisotopic (exact) mass is 496 g/mol. The van der Waals surface area contributed by atoms with E-state index in [4.69, 9.17) is 0 Å². The van der Waals surface area contributed by atoms with E-state index in [1.807, 2.05) is 45.0 Å². The van der Waals surface area contributed by atoms with Crippen LogP contribution in [0.15, 0.2) is 38.9 Å². The first kappa shape index (κ1) is 25.0. The van der Waals surface area contributed by atoms with Crippen LogP contribution in [0.3, 0.4) is 0 Å². The van der Waals surface area contributed by atoms with Gasteiger partial charge >= 0.3 is 5.69 Å². The number of anilines is 2. The molecule has 3 aromatic rings. The number of benzene rings is 1. The zero-order chi connectivity index (χ0) is 25.1. The summed E-state index contributed by atoms with van der Waals surface area (Å²) in [6.07, 6.45) is 3.14. The Morgan fingerprint density at radius 2 is 1.80 bits per heavy atom. The van der Waals surface area contributed by atoms with Crippen LogP contribution in [0.2, 0.25) is 0 Å². The number of hydrogen-bond donors (Lipinski definition) is 1. The number of aryl methyl sites for hydroxylation is 1. The topological polar surface area (TPSA) is 102 Å². The van der Waals surface area contributed by atoms with Gasteiger partial charge in [-0.3, -0.25) is 18.7 Å². The van der Waals surface area contributed by atoms with Crippen LogP contribution < -0.4 is 21.5 Å². The molecule has 3 heterocycles. The van der Waals surface area contributed by atoms with Crippen molar-refractivity contribution in [2.75, 3.05) is 29.1 Å². The van der Waals surface area contributed by atoms with Gasteiger partial charge in [-0.25, -0.2) is 14.8 Å². The molecule has 0 saturated carbocycles. The van der Waals surface area contributed by atoms with Crippen molar-refractivity contribution in [3.05, 3.63) is 50.9 Å². The summed E-state index contributed by atoms with van der Waals surface area (Å²) in [5.74, 6) is 0.417. The second kappa shape index (κ2) is 10.6. The zero-order valence-corrected chi connectivity index (χ0v) is 21.5. The molecule has 1 aromatic carbocycles. The van der Waals surface area contributed by atoms with Gasteiger partial charge in [0.15, 0.2) is 5.65 Å². The van der Waals surface area contributed by atoms with Crippen molar-refractivity contribution >= 4 is 40.1 Å². The molecule has 35 heavy (non-hydrogen) atoms. The van der Waals surface area contributed by atoms with E-state index in [1.54, 1.807) is 0 Å². The molecule has 1 aliphatic heterocycles. The number of nitrogens with one attached hydrogen (secondary N) is 1. The molecule has 0 bridgehead atoms. The minimum atomic E-state index is -0.451. The molecular weight excluding hydrogens is 464 g/mol. The summed E-state index contributed by atoms with van der Waals surface area (Å²) < 4.78 is 2.61. The number of carbonyl (C=O) groups excluding carboxylic acids is 1. The number of rotatable bonds is 8. The van der Waals surface area contributed by atoms with E-state index in [0.29, 0.717) is 23.0 Å². The van der Waals surface area contributed by atoms with Gasteiger partial charge in [-0.1, -0.05) is 32.5 Å². The SMILES string of the molecule is CCCn1c(=O)n(C)c(=O)c2c(SCC(=O)Nc3ccc(N4CCCC4)cc3)nc(C(C)C)nc21. The lowest BCUT2D eigenvalue weighted by molar-refractivity contribution is -0.113.